The van der Waals surface area contributed by atoms with E-state index in [-0.39, 0.29) is 30.0 Å². The highest BCUT2D eigenvalue weighted by Gasteiger charge is 2.22. The van der Waals surface area contributed by atoms with Gasteiger partial charge in [0.15, 0.2) is 11.8 Å². The van der Waals surface area contributed by atoms with Crippen LogP contribution >= 0.6 is 24.0 Å². The first-order chi connectivity index (χ1) is 14.2. The van der Waals surface area contributed by atoms with Gasteiger partial charge in [-0.3, -0.25) is 4.99 Å². The van der Waals surface area contributed by atoms with Crippen molar-refractivity contribution in [1.29, 1.82) is 0 Å². The van der Waals surface area contributed by atoms with Gasteiger partial charge in [0.2, 0.25) is 0 Å². The molecule has 3 heterocycles. The van der Waals surface area contributed by atoms with Crippen LogP contribution in [0.3, 0.4) is 0 Å². The van der Waals surface area contributed by atoms with E-state index in [1.165, 1.54) is 5.56 Å². The maximum absolute atomic E-state index is 5.13. The number of methoxy groups -OCH3 is 1. The molecule has 3 aromatic rings. The van der Waals surface area contributed by atoms with Crippen LogP contribution in [-0.4, -0.2) is 50.7 Å². The number of guanidine groups is 1. The van der Waals surface area contributed by atoms with Crippen molar-refractivity contribution in [2.24, 2.45) is 4.99 Å². The molecule has 2 N–H and O–H groups in total. The van der Waals surface area contributed by atoms with E-state index in [0.717, 1.165) is 42.7 Å². The summed E-state index contributed by atoms with van der Waals surface area (Å²) in [5.41, 5.74) is 2.22. The van der Waals surface area contributed by atoms with Crippen molar-refractivity contribution in [3.05, 3.63) is 59.9 Å². The summed E-state index contributed by atoms with van der Waals surface area (Å²) in [6, 6.07) is 10.5. The summed E-state index contributed by atoms with van der Waals surface area (Å²) in [5, 5.41) is 15.7. The fraction of sp³-hybridized carbons (Fsp3) is 0.400. The van der Waals surface area contributed by atoms with E-state index in [2.05, 4.69) is 55.1 Å². The third kappa shape index (κ3) is 5.36. The maximum Gasteiger partial charge on any atom is 0.191 e. The lowest BCUT2D eigenvalue weighted by atomic mass is 10.1. The quantitative estimate of drug-likeness (QED) is 0.292. The number of halogens is 1. The minimum Gasteiger partial charge on any atom is -0.377 e. The molecule has 0 spiro atoms. The van der Waals surface area contributed by atoms with Crippen molar-refractivity contribution in [3.8, 4) is 5.69 Å². The molecule has 4 rings (SSSR count). The zero-order valence-corrected chi connectivity index (χ0v) is 19.5. The highest BCUT2D eigenvalue weighted by Crippen LogP contribution is 2.13. The molecule has 30 heavy (non-hydrogen) atoms. The molecule has 0 fully saturated rings. The Morgan fingerprint density at radius 1 is 1.30 bits per heavy atom. The number of aliphatic imine (C=N–C) groups is 1. The molecule has 9 nitrogen and oxygen atoms in total. The molecule has 0 aliphatic carbocycles. The molecule has 1 atom stereocenters. The molecule has 1 aliphatic heterocycles. The number of hydrogen-bond acceptors (Lipinski definition) is 5. The van der Waals surface area contributed by atoms with Gasteiger partial charge in [0.1, 0.15) is 12.4 Å². The first kappa shape index (κ1) is 22.2. The number of aryl methyl sites for hydroxylation is 1. The van der Waals surface area contributed by atoms with Gasteiger partial charge in [0.05, 0.1) is 12.2 Å². The zero-order valence-electron chi connectivity index (χ0n) is 17.2. The van der Waals surface area contributed by atoms with Gasteiger partial charge >= 0.3 is 0 Å². The molecule has 1 aliphatic rings. The van der Waals surface area contributed by atoms with E-state index in [0.29, 0.717) is 13.2 Å². The first-order valence-corrected chi connectivity index (χ1v) is 9.73. The van der Waals surface area contributed by atoms with E-state index >= 15 is 0 Å². The number of fused-ring (bicyclic) bond motifs is 1. The van der Waals surface area contributed by atoms with Crippen molar-refractivity contribution in [2.45, 2.75) is 38.6 Å². The number of nitrogens with one attached hydrogen (secondary N) is 2. The Kier molecular flexibility index (Phi) is 7.80. The molecule has 2 aromatic heterocycles. The largest absolute Gasteiger partial charge is 0.377 e. The summed E-state index contributed by atoms with van der Waals surface area (Å²) in [7, 11) is 3.45. The Morgan fingerprint density at radius 3 is 2.83 bits per heavy atom. The molecule has 0 bridgehead atoms. The topological polar surface area (TPSA) is 94.2 Å². The van der Waals surface area contributed by atoms with Crippen molar-refractivity contribution in [2.75, 3.05) is 14.2 Å². The summed E-state index contributed by atoms with van der Waals surface area (Å²) in [6.45, 7) is 1.91. The summed E-state index contributed by atoms with van der Waals surface area (Å²) < 4.78 is 8.94. The Balaban J connectivity index is 0.00000256. The molecule has 0 amide bonds. The highest BCUT2D eigenvalue weighted by atomic mass is 127. The second-order valence-corrected chi connectivity index (χ2v) is 6.98. The first-order valence-electron chi connectivity index (χ1n) is 9.73. The SMILES string of the molecule is CN=C(NCc1ccc(-n2cccn2)cc1)NC1CCc2nc(COC)nn2C1.I. The van der Waals surface area contributed by atoms with E-state index in [1.807, 2.05) is 21.6 Å². The predicted molar refractivity (Wildman–Crippen MR) is 125 cm³/mol. The normalized spacial score (nSPS) is 15.9. The third-order valence-electron chi connectivity index (χ3n) is 4.91. The minimum atomic E-state index is 0. The van der Waals surface area contributed by atoms with Crippen molar-refractivity contribution >= 4 is 29.9 Å². The number of ether oxygens (including phenoxy) is 1. The summed E-state index contributed by atoms with van der Waals surface area (Å²) in [4.78, 5) is 8.88. The Hall–Kier alpha value is -2.47. The number of aromatic nitrogens is 5. The molecule has 0 saturated carbocycles. The van der Waals surface area contributed by atoms with Crippen LogP contribution in [0.5, 0.6) is 0 Å². The van der Waals surface area contributed by atoms with Crippen molar-refractivity contribution in [1.82, 2.24) is 35.2 Å². The number of nitrogens with zero attached hydrogens (tertiary/aromatic N) is 6. The van der Waals surface area contributed by atoms with E-state index in [4.69, 9.17) is 4.74 Å². The Bertz CT molecular complexity index is 952. The van der Waals surface area contributed by atoms with Crippen LogP contribution in [0.1, 0.15) is 23.6 Å². The van der Waals surface area contributed by atoms with E-state index in [1.54, 1.807) is 20.4 Å². The fourth-order valence-corrected chi connectivity index (χ4v) is 3.43. The molecule has 1 unspecified atom stereocenters. The zero-order chi connectivity index (χ0) is 20.1. The molecule has 0 radical (unpaired) electrons. The number of hydrogen-bond donors (Lipinski definition) is 2. The highest BCUT2D eigenvalue weighted by molar-refractivity contribution is 14.0. The molecule has 10 heteroatoms. The third-order valence-corrected chi connectivity index (χ3v) is 4.91. The van der Waals surface area contributed by atoms with Gasteiger partial charge in [0.25, 0.3) is 0 Å². The minimum absolute atomic E-state index is 0. The van der Waals surface area contributed by atoms with Gasteiger partial charge < -0.3 is 15.4 Å². The van der Waals surface area contributed by atoms with Gasteiger partial charge in [-0.1, -0.05) is 12.1 Å². The van der Waals surface area contributed by atoms with Gasteiger partial charge in [-0.05, 0) is 30.2 Å². The maximum atomic E-state index is 5.13. The molecule has 1 aromatic carbocycles. The lowest BCUT2D eigenvalue weighted by molar-refractivity contribution is 0.177. The molecular weight excluding hydrogens is 495 g/mol. The van der Waals surface area contributed by atoms with Crippen LogP contribution in [0, 0.1) is 0 Å². The smallest absolute Gasteiger partial charge is 0.191 e. The molecule has 0 saturated heterocycles. The van der Waals surface area contributed by atoms with Crippen LogP contribution < -0.4 is 10.6 Å². The number of benzene rings is 1. The van der Waals surface area contributed by atoms with Gasteiger partial charge in [-0.25, -0.2) is 14.3 Å². The van der Waals surface area contributed by atoms with Crippen LogP contribution in [0.2, 0.25) is 0 Å². The summed E-state index contributed by atoms with van der Waals surface area (Å²) in [5.74, 6) is 2.55. The summed E-state index contributed by atoms with van der Waals surface area (Å²) >= 11 is 0. The van der Waals surface area contributed by atoms with Crippen LogP contribution in [0.15, 0.2) is 47.7 Å². The standard InChI is InChI=1S/C20H26N8O.HI/c1-21-20(22-12-15-4-7-17(8-5-15)27-11-3-10-23-27)24-16-6-9-19-25-18(14-29-2)26-28(19)13-16;/h3-5,7-8,10-11,16H,6,9,12-14H2,1-2H3,(H2,21,22,24);1H. The second kappa shape index (κ2) is 10.5. The van der Waals surface area contributed by atoms with Crippen LogP contribution in [0.25, 0.3) is 5.69 Å². The number of rotatable bonds is 6. The van der Waals surface area contributed by atoms with E-state index < -0.39 is 0 Å². The monoisotopic (exact) mass is 522 g/mol. The van der Waals surface area contributed by atoms with Gasteiger partial charge in [-0.2, -0.15) is 10.2 Å². The summed E-state index contributed by atoms with van der Waals surface area (Å²) in [6.07, 6.45) is 5.59. The average molecular weight is 522 g/mol. The predicted octanol–water partition coefficient (Wildman–Crippen LogP) is 1.91. The van der Waals surface area contributed by atoms with Crippen LogP contribution in [0.4, 0.5) is 0 Å². The molecular formula is C20H27IN8O. The average Bonchev–Trinajstić information content (AvgIpc) is 3.41. The second-order valence-electron chi connectivity index (χ2n) is 6.98. The van der Waals surface area contributed by atoms with Gasteiger partial charge in [-0.15, -0.1) is 24.0 Å². The van der Waals surface area contributed by atoms with Crippen molar-refractivity contribution < 1.29 is 4.74 Å². The molecule has 160 valence electrons. The van der Waals surface area contributed by atoms with Crippen molar-refractivity contribution in [3.63, 3.8) is 0 Å². The van der Waals surface area contributed by atoms with Crippen LogP contribution in [-0.2, 0) is 30.9 Å². The fourth-order valence-electron chi connectivity index (χ4n) is 3.43. The Labute approximate surface area is 193 Å². The lowest BCUT2D eigenvalue weighted by Crippen LogP contribution is -2.46. The van der Waals surface area contributed by atoms with E-state index in [9.17, 15) is 0 Å². The Morgan fingerprint density at radius 2 is 2.13 bits per heavy atom. The lowest BCUT2D eigenvalue weighted by Gasteiger charge is -2.25. The van der Waals surface area contributed by atoms with Gasteiger partial charge in [0, 0.05) is 45.6 Å².